The number of rotatable bonds is 6. The smallest absolute Gasteiger partial charge is 0.420 e. The van der Waals surface area contributed by atoms with Crippen molar-refractivity contribution in [2.24, 2.45) is 0 Å². The van der Waals surface area contributed by atoms with Gasteiger partial charge in [-0.3, -0.25) is 0 Å². The van der Waals surface area contributed by atoms with Gasteiger partial charge < -0.3 is 18.9 Å². The summed E-state index contributed by atoms with van der Waals surface area (Å²) in [6.45, 7) is 20.0. The number of carbonyl (C=O) groups excluding carboxylic acids is 4. The van der Waals surface area contributed by atoms with E-state index in [1.807, 2.05) is 0 Å². The van der Waals surface area contributed by atoms with E-state index in [2.05, 4.69) is 9.97 Å². The molecule has 2 aromatic rings. The van der Waals surface area contributed by atoms with E-state index in [-0.39, 0.29) is 24.2 Å². The molecule has 1 aromatic heterocycles. The molecule has 2 amide bonds. The van der Waals surface area contributed by atoms with Gasteiger partial charge in [0.05, 0.1) is 16.7 Å². The maximum atomic E-state index is 13.6. The molecule has 0 bridgehead atoms. The van der Waals surface area contributed by atoms with Crippen LogP contribution in [0.15, 0.2) is 24.3 Å². The summed E-state index contributed by atoms with van der Waals surface area (Å²) in [6.07, 6.45) is -2.37. The standard InChI is InChI=1S/C31H45N3O8/c1-28(2,3)39-24(35)22(34(26(37)41-30(7,8)9)27(38)42-31(10,11)12)18-17-21-23(25(36)40-29(4,5)6)33-20-16-14-13-15-19(20)32-21/h13-16,22H,17-18H2,1-12H3. The minimum absolute atomic E-state index is 0.0346. The zero-order chi connectivity index (χ0) is 32.3. The number of aromatic nitrogens is 2. The quantitative estimate of drug-likeness (QED) is 0.276. The Hall–Kier alpha value is -3.76. The van der Waals surface area contributed by atoms with Crippen LogP contribution in [0, 0.1) is 0 Å². The number of para-hydroxylation sites is 2. The fraction of sp³-hybridized carbons (Fsp3) is 0.613. The second kappa shape index (κ2) is 12.6. The van der Waals surface area contributed by atoms with Gasteiger partial charge in [-0.1, -0.05) is 12.1 Å². The molecule has 232 valence electrons. The number of aryl methyl sites for hydroxylation is 1. The van der Waals surface area contributed by atoms with Gasteiger partial charge in [0, 0.05) is 0 Å². The van der Waals surface area contributed by atoms with E-state index in [0.717, 1.165) is 0 Å². The molecule has 0 saturated heterocycles. The normalized spacial score (nSPS) is 13.2. The van der Waals surface area contributed by atoms with E-state index >= 15 is 0 Å². The van der Waals surface area contributed by atoms with Crippen molar-refractivity contribution in [3.63, 3.8) is 0 Å². The minimum atomic E-state index is -1.48. The van der Waals surface area contributed by atoms with Crippen molar-refractivity contribution in [1.82, 2.24) is 14.9 Å². The van der Waals surface area contributed by atoms with Crippen LogP contribution in [0.3, 0.4) is 0 Å². The lowest BCUT2D eigenvalue weighted by molar-refractivity contribution is -0.161. The Kier molecular flexibility index (Phi) is 10.4. The Labute approximate surface area is 248 Å². The lowest BCUT2D eigenvalue weighted by Gasteiger charge is -2.33. The fourth-order valence-corrected chi connectivity index (χ4v) is 3.65. The van der Waals surface area contributed by atoms with E-state index in [9.17, 15) is 19.2 Å². The summed E-state index contributed by atoms with van der Waals surface area (Å²) in [6, 6.07) is 5.53. The predicted molar refractivity (Wildman–Crippen MR) is 157 cm³/mol. The van der Waals surface area contributed by atoms with Gasteiger partial charge in [0.25, 0.3) is 0 Å². The third-order valence-corrected chi connectivity index (χ3v) is 5.06. The van der Waals surface area contributed by atoms with Gasteiger partial charge in [-0.2, -0.15) is 4.90 Å². The molecule has 0 aliphatic carbocycles. The number of hydrogen-bond acceptors (Lipinski definition) is 10. The van der Waals surface area contributed by atoms with Gasteiger partial charge in [-0.05, 0) is 108 Å². The average Bonchev–Trinajstić information content (AvgIpc) is 2.76. The summed E-state index contributed by atoms with van der Waals surface area (Å²) in [7, 11) is 0. The topological polar surface area (TPSA) is 134 Å². The van der Waals surface area contributed by atoms with Crippen LogP contribution in [-0.2, 0) is 30.2 Å². The molecule has 11 heteroatoms. The highest BCUT2D eigenvalue weighted by Gasteiger charge is 2.42. The first-order valence-corrected chi connectivity index (χ1v) is 13.9. The van der Waals surface area contributed by atoms with Gasteiger partial charge in [0.1, 0.15) is 28.4 Å². The van der Waals surface area contributed by atoms with Crippen molar-refractivity contribution in [3.8, 4) is 0 Å². The van der Waals surface area contributed by atoms with Crippen molar-refractivity contribution in [3.05, 3.63) is 35.7 Å². The molecular formula is C31H45N3O8. The molecule has 2 rings (SSSR count). The Bertz CT molecular complexity index is 1280. The molecular weight excluding hydrogens is 542 g/mol. The highest BCUT2D eigenvalue weighted by Crippen LogP contribution is 2.24. The van der Waals surface area contributed by atoms with Crippen molar-refractivity contribution < 1.29 is 38.1 Å². The first kappa shape index (κ1) is 34.4. The number of ether oxygens (including phenoxy) is 4. The molecule has 0 aliphatic rings. The van der Waals surface area contributed by atoms with Crippen molar-refractivity contribution in [1.29, 1.82) is 0 Å². The molecule has 1 atom stereocenters. The second-order valence-electron chi connectivity index (χ2n) is 13.9. The molecule has 42 heavy (non-hydrogen) atoms. The summed E-state index contributed by atoms with van der Waals surface area (Å²) in [5.74, 6) is -1.55. The number of imide groups is 1. The molecule has 0 N–H and O–H groups in total. The maximum absolute atomic E-state index is 13.6. The maximum Gasteiger partial charge on any atom is 0.420 e. The van der Waals surface area contributed by atoms with Crippen LogP contribution in [0.5, 0.6) is 0 Å². The van der Waals surface area contributed by atoms with Gasteiger partial charge >= 0.3 is 24.1 Å². The van der Waals surface area contributed by atoms with Gasteiger partial charge in [0.15, 0.2) is 5.69 Å². The fourth-order valence-electron chi connectivity index (χ4n) is 3.65. The summed E-state index contributed by atoms with van der Waals surface area (Å²) < 4.78 is 22.2. The van der Waals surface area contributed by atoms with Crippen LogP contribution < -0.4 is 0 Å². The third-order valence-electron chi connectivity index (χ3n) is 5.06. The van der Waals surface area contributed by atoms with Gasteiger partial charge in [-0.15, -0.1) is 0 Å². The number of amides is 2. The summed E-state index contributed by atoms with van der Waals surface area (Å²) in [5, 5.41) is 0. The van der Waals surface area contributed by atoms with Crippen molar-refractivity contribution >= 4 is 35.2 Å². The lowest BCUT2D eigenvalue weighted by Crippen LogP contribution is -2.53. The van der Waals surface area contributed by atoms with E-state index in [0.29, 0.717) is 15.9 Å². The van der Waals surface area contributed by atoms with E-state index in [1.54, 1.807) is 107 Å². The molecule has 0 radical (unpaired) electrons. The highest BCUT2D eigenvalue weighted by molar-refractivity contribution is 5.94. The summed E-state index contributed by atoms with van der Waals surface area (Å²) in [4.78, 5) is 63.3. The van der Waals surface area contributed by atoms with Gasteiger partial charge in [0.2, 0.25) is 0 Å². The first-order chi connectivity index (χ1) is 19.0. The SMILES string of the molecule is CC(C)(C)OC(=O)c1nc2ccccc2nc1CCC(C(=O)OC(C)(C)C)N(C(=O)OC(C)(C)C)C(=O)OC(C)(C)C. The number of carbonyl (C=O) groups is 4. The van der Waals surface area contributed by atoms with Gasteiger partial charge in [-0.25, -0.2) is 29.1 Å². The average molecular weight is 588 g/mol. The lowest BCUT2D eigenvalue weighted by atomic mass is 10.1. The van der Waals surface area contributed by atoms with Crippen LogP contribution >= 0.6 is 0 Å². The van der Waals surface area contributed by atoms with Crippen LogP contribution in [0.25, 0.3) is 11.0 Å². The molecule has 0 saturated carbocycles. The van der Waals surface area contributed by atoms with E-state index < -0.39 is 52.6 Å². The van der Waals surface area contributed by atoms with E-state index in [4.69, 9.17) is 18.9 Å². The second-order valence-corrected chi connectivity index (χ2v) is 13.9. The number of benzene rings is 1. The van der Waals surface area contributed by atoms with Crippen LogP contribution in [0.4, 0.5) is 9.59 Å². The van der Waals surface area contributed by atoms with Crippen LogP contribution in [-0.4, -0.2) is 67.4 Å². The number of nitrogens with zero attached hydrogens (tertiary/aromatic N) is 3. The zero-order valence-corrected chi connectivity index (χ0v) is 26.9. The molecule has 1 heterocycles. The third kappa shape index (κ3) is 10.9. The molecule has 0 spiro atoms. The Morgan fingerprint density at radius 3 is 1.52 bits per heavy atom. The molecule has 0 aliphatic heterocycles. The number of esters is 2. The molecule has 1 aromatic carbocycles. The number of hydrogen-bond donors (Lipinski definition) is 0. The number of fused-ring (bicyclic) bond motifs is 1. The molecule has 0 fully saturated rings. The van der Waals surface area contributed by atoms with Crippen molar-refractivity contribution in [2.75, 3.05) is 0 Å². The monoisotopic (exact) mass is 587 g/mol. The largest absolute Gasteiger partial charge is 0.458 e. The minimum Gasteiger partial charge on any atom is -0.458 e. The zero-order valence-electron chi connectivity index (χ0n) is 26.9. The Morgan fingerprint density at radius 2 is 1.10 bits per heavy atom. The van der Waals surface area contributed by atoms with Crippen molar-refractivity contribution in [2.45, 2.75) is 124 Å². The molecule has 1 unspecified atom stereocenters. The predicted octanol–water partition coefficient (Wildman–Crippen LogP) is 6.40. The first-order valence-electron chi connectivity index (χ1n) is 13.9. The van der Waals surface area contributed by atoms with E-state index in [1.165, 1.54) is 0 Å². The molecule has 11 nitrogen and oxygen atoms in total. The van der Waals surface area contributed by atoms with Crippen LogP contribution in [0.1, 0.15) is 106 Å². The Morgan fingerprint density at radius 1 is 0.667 bits per heavy atom. The van der Waals surface area contributed by atoms with Crippen LogP contribution in [0.2, 0.25) is 0 Å². The summed E-state index contributed by atoms with van der Waals surface area (Å²) in [5.41, 5.74) is -2.51. The Balaban J connectivity index is 2.63. The summed E-state index contributed by atoms with van der Waals surface area (Å²) >= 11 is 0. The highest BCUT2D eigenvalue weighted by atomic mass is 16.6.